The highest BCUT2D eigenvalue weighted by Crippen LogP contribution is 2.25. The molecule has 3 amide bonds. The maximum absolute atomic E-state index is 12.4. The van der Waals surface area contributed by atoms with Gasteiger partial charge in [0.25, 0.3) is 5.91 Å². The van der Waals surface area contributed by atoms with Gasteiger partial charge in [-0.2, -0.15) is 0 Å². The quantitative estimate of drug-likeness (QED) is 0.779. The normalized spacial score (nSPS) is 22.9. The van der Waals surface area contributed by atoms with Gasteiger partial charge in [-0.1, -0.05) is 32.0 Å². The molecule has 0 saturated carbocycles. The van der Waals surface area contributed by atoms with Crippen LogP contribution in [0.25, 0.3) is 0 Å². The molecule has 6 heteroatoms. The Morgan fingerprint density at radius 1 is 1.27 bits per heavy atom. The van der Waals surface area contributed by atoms with Crippen LogP contribution < -0.4 is 10.1 Å². The van der Waals surface area contributed by atoms with Gasteiger partial charge in [0.2, 0.25) is 0 Å². The molecule has 6 nitrogen and oxygen atoms in total. The lowest BCUT2D eigenvalue weighted by atomic mass is 9.88. The number of nitrogens with one attached hydrogen (secondary N) is 1. The van der Waals surface area contributed by atoms with Crippen molar-refractivity contribution in [3.05, 3.63) is 30.3 Å². The van der Waals surface area contributed by atoms with Crippen LogP contribution >= 0.6 is 0 Å². The third kappa shape index (κ3) is 3.22. The van der Waals surface area contributed by atoms with E-state index in [1.165, 1.54) is 0 Å². The lowest BCUT2D eigenvalue weighted by molar-refractivity contribution is -0.133. The van der Waals surface area contributed by atoms with Gasteiger partial charge < -0.3 is 15.2 Å². The van der Waals surface area contributed by atoms with E-state index in [0.717, 1.165) is 4.90 Å². The predicted molar refractivity (Wildman–Crippen MR) is 81.4 cm³/mol. The van der Waals surface area contributed by atoms with E-state index in [0.29, 0.717) is 5.75 Å². The van der Waals surface area contributed by atoms with Gasteiger partial charge in [0.05, 0.1) is 6.54 Å². The number of imide groups is 1. The number of para-hydroxylation sites is 1. The summed E-state index contributed by atoms with van der Waals surface area (Å²) < 4.78 is 5.43. The van der Waals surface area contributed by atoms with Crippen molar-refractivity contribution in [1.82, 2.24) is 10.2 Å². The number of hydrogen-bond acceptors (Lipinski definition) is 4. The number of aliphatic hydroxyl groups is 1. The van der Waals surface area contributed by atoms with Crippen LogP contribution in [0.2, 0.25) is 0 Å². The number of hydrogen-bond donors (Lipinski definition) is 2. The Kier molecular flexibility index (Phi) is 4.71. The summed E-state index contributed by atoms with van der Waals surface area (Å²) in [5.41, 5.74) is -0.920. The Morgan fingerprint density at radius 3 is 2.45 bits per heavy atom. The zero-order chi connectivity index (χ0) is 16.3. The summed E-state index contributed by atoms with van der Waals surface area (Å²) >= 11 is 0. The second-order valence-electron chi connectivity index (χ2n) is 5.98. The topological polar surface area (TPSA) is 78.9 Å². The van der Waals surface area contributed by atoms with E-state index >= 15 is 0 Å². The van der Waals surface area contributed by atoms with Crippen LogP contribution in [-0.2, 0) is 4.79 Å². The van der Waals surface area contributed by atoms with E-state index in [9.17, 15) is 14.7 Å². The SMILES string of the molecule is CC(C)[C@@]1(C)NC(=O)N(C[C@@H](O)COc2ccccc2)C1=O. The molecule has 0 aromatic heterocycles. The van der Waals surface area contributed by atoms with Crippen molar-refractivity contribution in [2.24, 2.45) is 5.92 Å². The molecule has 120 valence electrons. The minimum atomic E-state index is -0.940. The van der Waals surface area contributed by atoms with Gasteiger partial charge >= 0.3 is 6.03 Å². The van der Waals surface area contributed by atoms with Crippen LogP contribution in [0.4, 0.5) is 4.79 Å². The number of β-amino-alcohol motifs (C(OH)–C–C–N with tert-alkyl or cyclic N) is 1. The number of carbonyl (C=O) groups is 2. The second kappa shape index (κ2) is 6.36. The summed E-state index contributed by atoms with van der Waals surface area (Å²) in [7, 11) is 0. The van der Waals surface area contributed by atoms with E-state index in [4.69, 9.17) is 4.74 Å². The molecule has 2 rings (SSSR count). The molecule has 0 aliphatic carbocycles. The predicted octanol–water partition coefficient (Wildman–Crippen LogP) is 1.39. The van der Waals surface area contributed by atoms with Gasteiger partial charge in [-0.05, 0) is 25.0 Å². The monoisotopic (exact) mass is 306 g/mol. The summed E-state index contributed by atoms with van der Waals surface area (Å²) in [5.74, 6) is 0.281. The second-order valence-corrected chi connectivity index (χ2v) is 5.98. The molecule has 22 heavy (non-hydrogen) atoms. The van der Waals surface area contributed by atoms with Crippen LogP contribution in [0.3, 0.4) is 0 Å². The highest BCUT2D eigenvalue weighted by Gasteiger charge is 2.49. The third-order valence-corrected chi connectivity index (χ3v) is 4.03. The Hall–Kier alpha value is -2.08. The summed E-state index contributed by atoms with van der Waals surface area (Å²) in [6.07, 6.45) is -0.940. The molecule has 2 atom stereocenters. The smallest absolute Gasteiger partial charge is 0.325 e. The zero-order valence-corrected chi connectivity index (χ0v) is 13.1. The van der Waals surface area contributed by atoms with Crippen LogP contribution in [0.15, 0.2) is 30.3 Å². The van der Waals surface area contributed by atoms with Crippen molar-refractivity contribution >= 4 is 11.9 Å². The van der Waals surface area contributed by atoms with Crippen LogP contribution in [-0.4, -0.2) is 46.7 Å². The molecular formula is C16H22N2O4. The van der Waals surface area contributed by atoms with Crippen molar-refractivity contribution in [2.45, 2.75) is 32.4 Å². The van der Waals surface area contributed by atoms with Gasteiger partial charge in [-0.3, -0.25) is 9.69 Å². The Labute approximate surface area is 130 Å². The lowest BCUT2D eigenvalue weighted by Crippen LogP contribution is -2.49. The number of benzene rings is 1. The number of aliphatic hydroxyl groups excluding tert-OH is 1. The Balaban J connectivity index is 1.93. The molecule has 0 spiro atoms. The molecule has 1 aliphatic heterocycles. The number of rotatable bonds is 6. The van der Waals surface area contributed by atoms with Crippen LogP contribution in [0.5, 0.6) is 5.75 Å². The fourth-order valence-electron chi connectivity index (χ4n) is 2.25. The third-order valence-electron chi connectivity index (χ3n) is 4.03. The first-order valence-electron chi connectivity index (χ1n) is 7.34. The molecule has 1 aromatic rings. The highest BCUT2D eigenvalue weighted by molar-refractivity contribution is 6.06. The Bertz CT molecular complexity index is 546. The number of carbonyl (C=O) groups excluding carboxylic acids is 2. The summed E-state index contributed by atoms with van der Waals surface area (Å²) in [5, 5.41) is 12.7. The molecule has 1 fully saturated rings. The van der Waals surface area contributed by atoms with E-state index < -0.39 is 17.7 Å². The standard InChI is InChI=1S/C16H22N2O4/c1-11(2)16(3)14(20)18(15(21)17-16)9-12(19)10-22-13-7-5-4-6-8-13/h4-8,11-12,19H,9-10H2,1-3H3,(H,17,21)/t12-,16-/m1/s1. The number of ether oxygens (including phenoxy) is 1. The molecule has 0 bridgehead atoms. The first kappa shape index (κ1) is 16.3. The van der Waals surface area contributed by atoms with Gasteiger partial charge in [0, 0.05) is 0 Å². The fraction of sp³-hybridized carbons (Fsp3) is 0.500. The van der Waals surface area contributed by atoms with Crippen molar-refractivity contribution < 1.29 is 19.4 Å². The van der Waals surface area contributed by atoms with E-state index in [2.05, 4.69) is 5.32 Å². The summed E-state index contributed by atoms with van der Waals surface area (Å²) in [6, 6.07) is 8.59. The Morgan fingerprint density at radius 2 is 1.91 bits per heavy atom. The zero-order valence-electron chi connectivity index (χ0n) is 13.1. The minimum Gasteiger partial charge on any atom is -0.491 e. The number of amides is 3. The van der Waals surface area contributed by atoms with E-state index in [1.54, 1.807) is 19.1 Å². The van der Waals surface area contributed by atoms with Crippen molar-refractivity contribution in [3.8, 4) is 5.75 Å². The number of nitrogens with zero attached hydrogens (tertiary/aromatic N) is 1. The molecule has 1 aliphatic rings. The van der Waals surface area contributed by atoms with E-state index in [-0.39, 0.29) is 25.0 Å². The van der Waals surface area contributed by atoms with E-state index in [1.807, 2.05) is 32.0 Å². The molecule has 1 aromatic carbocycles. The van der Waals surface area contributed by atoms with Crippen LogP contribution in [0, 0.1) is 5.92 Å². The number of urea groups is 1. The van der Waals surface area contributed by atoms with Crippen LogP contribution in [0.1, 0.15) is 20.8 Å². The largest absolute Gasteiger partial charge is 0.491 e. The fourth-order valence-corrected chi connectivity index (χ4v) is 2.25. The summed E-state index contributed by atoms with van der Waals surface area (Å²) in [4.78, 5) is 25.4. The van der Waals surface area contributed by atoms with Gasteiger partial charge in [0.1, 0.15) is 24.0 Å². The minimum absolute atomic E-state index is 0.0134. The van der Waals surface area contributed by atoms with Crippen molar-refractivity contribution in [1.29, 1.82) is 0 Å². The average molecular weight is 306 g/mol. The van der Waals surface area contributed by atoms with Crippen molar-refractivity contribution in [3.63, 3.8) is 0 Å². The molecular weight excluding hydrogens is 284 g/mol. The molecule has 0 unspecified atom stereocenters. The molecule has 2 N–H and O–H groups in total. The molecule has 1 saturated heterocycles. The molecule has 0 radical (unpaired) electrons. The average Bonchev–Trinajstić information content (AvgIpc) is 2.71. The van der Waals surface area contributed by atoms with Gasteiger partial charge in [-0.15, -0.1) is 0 Å². The van der Waals surface area contributed by atoms with Gasteiger partial charge in [0.15, 0.2) is 0 Å². The first-order chi connectivity index (χ1) is 10.3. The summed E-state index contributed by atoms with van der Waals surface area (Å²) in [6.45, 7) is 5.37. The highest BCUT2D eigenvalue weighted by atomic mass is 16.5. The lowest BCUT2D eigenvalue weighted by Gasteiger charge is -2.26. The first-order valence-corrected chi connectivity index (χ1v) is 7.34. The maximum Gasteiger partial charge on any atom is 0.325 e. The van der Waals surface area contributed by atoms with Gasteiger partial charge in [-0.25, -0.2) is 4.79 Å². The maximum atomic E-state index is 12.4. The van der Waals surface area contributed by atoms with Crippen molar-refractivity contribution in [2.75, 3.05) is 13.2 Å². The molecule has 1 heterocycles.